The maximum atomic E-state index is 14.4. The van der Waals surface area contributed by atoms with E-state index in [9.17, 15) is 9.18 Å². The van der Waals surface area contributed by atoms with Crippen molar-refractivity contribution in [3.05, 3.63) is 76.6 Å². The molecule has 3 heterocycles. The van der Waals surface area contributed by atoms with Gasteiger partial charge in [-0.3, -0.25) is 4.79 Å². The lowest BCUT2D eigenvalue weighted by atomic mass is 9.96. The van der Waals surface area contributed by atoms with Crippen molar-refractivity contribution in [1.29, 1.82) is 0 Å². The summed E-state index contributed by atoms with van der Waals surface area (Å²) < 4.78 is 20.5. The Kier molecular flexibility index (Phi) is 6.47. The molecule has 38 heavy (non-hydrogen) atoms. The van der Waals surface area contributed by atoms with Crippen LogP contribution in [0, 0.1) is 12.7 Å². The van der Waals surface area contributed by atoms with Gasteiger partial charge in [0.25, 0.3) is 0 Å². The number of nitrogens with two attached hydrogens (primary N) is 1. The van der Waals surface area contributed by atoms with Crippen molar-refractivity contribution in [2.75, 3.05) is 31.1 Å². The van der Waals surface area contributed by atoms with E-state index < -0.39 is 11.7 Å². The summed E-state index contributed by atoms with van der Waals surface area (Å²) in [6, 6.07) is 16.0. The number of primary amides is 1. The number of fused-ring (bicyclic) bond motifs is 2. The number of amides is 1. The highest BCUT2D eigenvalue weighted by Gasteiger charge is 2.34. The molecule has 1 amide bonds. The topological polar surface area (TPSA) is 93.4 Å². The minimum absolute atomic E-state index is 0.0548. The highest BCUT2D eigenvalue weighted by molar-refractivity contribution is 6.31. The van der Waals surface area contributed by atoms with E-state index in [0.717, 1.165) is 59.0 Å². The Balaban J connectivity index is 1.55. The monoisotopic (exact) mass is 531 g/mol. The zero-order valence-electron chi connectivity index (χ0n) is 20.9. The molecule has 4 aromatic rings. The molecule has 2 aliphatic rings. The normalized spacial score (nSPS) is 19.4. The zero-order valence-corrected chi connectivity index (χ0v) is 21.6. The number of nitrogens with one attached hydrogen (secondary N) is 1. The van der Waals surface area contributed by atoms with E-state index in [2.05, 4.69) is 20.4 Å². The Morgan fingerprint density at radius 3 is 2.79 bits per heavy atom. The van der Waals surface area contributed by atoms with Crippen molar-refractivity contribution in [2.24, 2.45) is 5.73 Å². The number of anilines is 1. The van der Waals surface area contributed by atoms with E-state index in [1.54, 1.807) is 6.07 Å². The molecule has 3 N–H and O–H groups in total. The minimum Gasteiger partial charge on any atom is -0.373 e. The third-order valence-electron chi connectivity index (χ3n) is 7.28. The number of piperidine rings is 1. The van der Waals surface area contributed by atoms with Crippen molar-refractivity contribution in [2.45, 2.75) is 25.5 Å². The Labute approximate surface area is 224 Å². The summed E-state index contributed by atoms with van der Waals surface area (Å²) in [5.41, 5.74) is 11.1. The summed E-state index contributed by atoms with van der Waals surface area (Å²) in [6.45, 7) is 5.03. The lowest BCUT2D eigenvalue weighted by Crippen LogP contribution is -2.57. The van der Waals surface area contributed by atoms with Gasteiger partial charge in [0, 0.05) is 47.2 Å². The molecule has 7 nitrogen and oxygen atoms in total. The van der Waals surface area contributed by atoms with E-state index in [0.29, 0.717) is 35.3 Å². The number of aryl methyl sites for hydroxylation is 1. The first-order valence-corrected chi connectivity index (χ1v) is 13.0. The van der Waals surface area contributed by atoms with Crippen LogP contribution in [-0.4, -0.2) is 54.5 Å². The van der Waals surface area contributed by atoms with Crippen LogP contribution in [0.1, 0.15) is 22.3 Å². The number of carbonyl (C=O) groups excluding carboxylic acids is 1. The second kappa shape index (κ2) is 9.94. The van der Waals surface area contributed by atoms with E-state index in [-0.39, 0.29) is 11.7 Å². The van der Waals surface area contributed by atoms with Gasteiger partial charge in [-0.25, -0.2) is 4.39 Å². The SMILES string of the molecule is Cc1cc(Cl)cc(-c2nnc3ccc(-c4cc(F)cc(C(N)=O)c4)cc3c2N2CCC3NCCOC3C2)c1. The third kappa shape index (κ3) is 4.71. The number of morpholine rings is 1. The number of hydrogen-bond donors (Lipinski definition) is 2. The highest BCUT2D eigenvalue weighted by atomic mass is 35.5. The summed E-state index contributed by atoms with van der Waals surface area (Å²) in [6.07, 6.45) is 0.979. The predicted molar refractivity (Wildman–Crippen MR) is 147 cm³/mol. The fraction of sp³-hybridized carbons (Fsp3) is 0.276. The molecule has 3 aromatic carbocycles. The number of ether oxygens (including phenoxy) is 1. The van der Waals surface area contributed by atoms with Crippen LogP contribution in [0.25, 0.3) is 33.3 Å². The summed E-state index contributed by atoms with van der Waals surface area (Å²) in [4.78, 5) is 14.1. The molecule has 2 atom stereocenters. The summed E-state index contributed by atoms with van der Waals surface area (Å²) in [7, 11) is 0. The predicted octanol–water partition coefficient (Wildman–Crippen LogP) is 4.73. The quantitative estimate of drug-likeness (QED) is 0.395. The third-order valence-corrected chi connectivity index (χ3v) is 7.50. The Morgan fingerprint density at radius 2 is 1.97 bits per heavy atom. The first-order chi connectivity index (χ1) is 18.4. The number of benzene rings is 3. The van der Waals surface area contributed by atoms with Gasteiger partial charge in [-0.2, -0.15) is 0 Å². The molecule has 6 rings (SSSR count). The Hall–Kier alpha value is -3.59. The molecule has 0 spiro atoms. The number of aromatic nitrogens is 2. The average Bonchev–Trinajstić information content (AvgIpc) is 2.91. The average molecular weight is 532 g/mol. The van der Waals surface area contributed by atoms with Crippen LogP contribution in [0.4, 0.5) is 10.1 Å². The minimum atomic E-state index is -0.680. The number of hydrogen-bond acceptors (Lipinski definition) is 6. The van der Waals surface area contributed by atoms with Crippen molar-refractivity contribution in [3.63, 3.8) is 0 Å². The van der Waals surface area contributed by atoms with E-state index in [4.69, 9.17) is 22.1 Å². The summed E-state index contributed by atoms with van der Waals surface area (Å²) in [5, 5.41) is 14.3. The van der Waals surface area contributed by atoms with Crippen molar-refractivity contribution < 1.29 is 13.9 Å². The largest absolute Gasteiger partial charge is 0.373 e. The first kappa shape index (κ1) is 24.7. The van der Waals surface area contributed by atoms with Gasteiger partial charge in [0.1, 0.15) is 11.5 Å². The fourth-order valence-corrected chi connectivity index (χ4v) is 5.82. The van der Waals surface area contributed by atoms with Crippen LogP contribution >= 0.6 is 11.6 Å². The molecule has 2 saturated heterocycles. The smallest absolute Gasteiger partial charge is 0.248 e. The lowest BCUT2D eigenvalue weighted by Gasteiger charge is -2.43. The molecular weight excluding hydrogens is 505 g/mol. The van der Waals surface area contributed by atoms with Gasteiger partial charge in [0.15, 0.2) is 0 Å². The maximum absolute atomic E-state index is 14.4. The number of rotatable bonds is 4. The second-order valence-corrected chi connectivity index (χ2v) is 10.4. The van der Waals surface area contributed by atoms with E-state index in [1.165, 1.54) is 6.07 Å². The molecule has 2 unspecified atom stereocenters. The molecule has 9 heteroatoms. The first-order valence-electron chi connectivity index (χ1n) is 12.6. The molecule has 0 saturated carbocycles. The summed E-state index contributed by atoms with van der Waals surface area (Å²) in [5.74, 6) is -1.20. The molecule has 194 valence electrons. The van der Waals surface area contributed by atoms with E-state index in [1.807, 2.05) is 43.3 Å². The van der Waals surface area contributed by atoms with Crippen LogP contribution in [0.3, 0.4) is 0 Å². The fourth-order valence-electron chi connectivity index (χ4n) is 5.53. The zero-order chi connectivity index (χ0) is 26.4. The molecule has 1 aromatic heterocycles. The van der Waals surface area contributed by atoms with Gasteiger partial charge in [-0.1, -0.05) is 17.7 Å². The van der Waals surface area contributed by atoms with Gasteiger partial charge in [-0.15, -0.1) is 10.2 Å². The second-order valence-electron chi connectivity index (χ2n) is 9.94. The van der Waals surface area contributed by atoms with Crippen LogP contribution in [0.15, 0.2) is 54.6 Å². The van der Waals surface area contributed by atoms with Gasteiger partial charge in [0.2, 0.25) is 5.91 Å². The molecular formula is C29H27ClFN5O2. The molecule has 0 radical (unpaired) electrons. The van der Waals surface area contributed by atoms with E-state index >= 15 is 0 Å². The van der Waals surface area contributed by atoms with Gasteiger partial charge < -0.3 is 20.7 Å². The molecule has 2 aliphatic heterocycles. The van der Waals surface area contributed by atoms with Crippen molar-refractivity contribution in [1.82, 2.24) is 15.5 Å². The van der Waals surface area contributed by atoms with Gasteiger partial charge in [-0.05, 0) is 78.6 Å². The number of carbonyl (C=O) groups is 1. The van der Waals surface area contributed by atoms with Gasteiger partial charge in [0.05, 0.1) is 23.9 Å². The van der Waals surface area contributed by atoms with Crippen LogP contribution in [-0.2, 0) is 4.74 Å². The Bertz CT molecular complexity index is 1540. The number of halogens is 2. The van der Waals surface area contributed by atoms with Gasteiger partial charge >= 0.3 is 0 Å². The van der Waals surface area contributed by atoms with Crippen molar-refractivity contribution >= 4 is 34.1 Å². The van der Waals surface area contributed by atoms with Crippen LogP contribution < -0.4 is 16.0 Å². The molecule has 2 fully saturated rings. The maximum Gasteiger partial charge on any atom is 0.248 e. The van der Waals surface area contributed by atoms with Crippen LogP contribution in [0.5, 0.6) is 0 Å². The number of nitrogens with zero attached hydrogens (tertiary/aromatic N) is 3. The Morgan fingerprint density at radius 1 is 1.11 bits per heavy atom. The molecule has 0 aliphatic carbocycles. The summed E-state index contributed by atoms with van der Waals surface area (Å²) >= 11 is 6.44. The van der Waals surface area contributed by atoms with Crippen molar-refractivity contribution in [3.8, 4) is 22.4 Å². The standard InChI is InChI=1S/C29H27ClFN5O2/c1-16-8-19(11-21(30)9-16)27-28(36-6-4-25-26(15-36)38-7-5-33-25)23-14-17(2-3-24(23)34-35-27)18-10-20(29(32)37)13-22(31)12-18/h2-3,8-14,25-26,33H,4-7,15H2,1H3,(H2,32,37). The lowest BCUT2D eigenvalue weighted by molar-refractivity contribution is -0.00897. The molecule has 0 bridgehead atoms. The van der Waals surface area contributed by atoms with Crippen LogP contribution in [0.2, 0.25) is 5.02 Å². The highest BCUT2D eigenvalue weighted by Crippen LogP contribution is 2.39.